The number of aromatic nitrogens is 2. The molecule has 0 saturated carbocycles. The van der Waals surface area contributed by atoms with Gasteiger partial charge in [-0.15, -0.1) is 0 Å². The first-order valence-electron chi connectivity index (χ1n) is 6.11. The number of amidine groups is 1. The van der Waals surface area contributed by atoms with Crippen LogP contribution < -0.4 is 5.73 Å². The molecule has 1 aromatic rings. The van der Waals surface area contributed by atoms with E-state index in [1.807, 2.05) is 0 Å². The summed E-state index contributed by atoms with van der Waals surface area (Å²) in [6.07, 6.45) is 1.65. The van der Waals surface area contributed by atoms with Crippen LogP contribution in [-0.2, 0) is 21.8 Å². The van der Waals surface area contributed by atoms with E-state index in [0.29, 0.717) is 5.82 Å². The van der Waals surface area contributed by atoms with Crippen LogP contribution in [0.15, 0.2) is 11.2 Å². The van der Waals surface area contributed by atoms with Crippen molar-refractivity contribution in [3.8, 4) is 0 Å². The Morgan fingerprint density at radius 1 is 1.55 bits per heavy atom. The van der Waals surface area contributed by atoms with E-state index in [1.165, 1.54) is 17.6 Å². The summed E-state index contributed by atoms with van der Waals surface area (Å²) in [4.78, 5) is 4.05. The average Bonchev–Trinajstić information content (AvgIpc) is 2.70. The molecule has 0 unspecified atom stereocenters. The first kappa shape index (κ1) is 16.6. The summed E-state index contributed by atoms with van der Waals surface area (Å²) in [5.74, 6) is 0.557. The molecule has 0 aliphatic rings. The fourth-order valence-corrected chi connectivity index (χ4v) is 3.02. The average molecular weight is 303 g/mol. The van der Waals surface area contributed by atoms with Gasteiger partial charge in [-0.25, -0.2) is 13.4 Å². The van der Waals surface area contributed by atoms with E-state index in [0.717, 1.165) is 0 Å². The predicted octanol–water partition coefficient (Wildman–Crippen LogP) is -0.308. The molecule has 1 aromatic heterocycles. The molecule has 0 atom stereocenters. The van der Waals surface area contributed by atoms with Crippen LogP contribution in [0.3, 0.4) is 0 Å². The Bertz CT molecular complexity index is 547. The number of hydrogen-bond acceptors (Lipinski definition) is 5. The molecule has 0 saturated heterocycles. The fourth-order valence-electron chi connectivity index (χ4n) is 1.57. The highest BCUT2D eigenvalue weighted by Crippen LogP contribution is 2.15. The Morgan fingerprint density at radius 3 is 2.65 bits per heavy atom. The molecule has 8 nitrogen and oxygen atoms in total. The van der Waals surface area contributed by atoms with Gasteiger partial charge in [0.1, 0.15) is 5.82 Å². The number of methoxy groups -OCH3 is 1. The molecule has 0 amide bonds. The van der Waals surface area contributed by atoms with E-state index < -0.39 is 10.0 Å². The van der Waals surface area contributed by atoms with Crippen LogP contribution >= 0.6 is 0 Å². The molecule has 1 rings (SSSR count). The van der Waals surface area contributed by atoms with Crippen molar-refractivity contribution in [2.24, 2.45) is 12.8 Å². The second-order valence-electron chi connectivity index (χ2n) is 4.41. The lowest BCUT2D eigenvalue weighted by atomic mass is 10.4. The third-order valence-corrected chi connectivity index (χ3v) is 4.64. The highest BCUT2D eigenvalue weighted by Gasteiger charge is 2.27. The molecule has 0 aliphatic heterocycles. The second kappa shape index (κ2) is 6.82. The third kappa shape index (κ3) is 4.02. The minimum atomic E-state index is -3.70. The summed E-state index contributed by atoms with van der Waals surface area (Å²) in [5, 5.41) is 7.21. The lowest BCUT2D eigenvalue weighted by Crippen LogP contribution is -2.36. The molecule has 3 N–H and O–H groups in total. The Balaban J connectivity index is 2.99. The summed E-state index contributed by atoms with van der Waals surface area (Å²) in [5.41, 5.74) is 5.29. The van der Waals surface area contributed by atoms with Crippen molar-refractivity contribution in [2.45, 2.75) is 18.4 Å². The number of rotatable bonds is 8. The van der Waals surface area contributed by atoms with Crippen molar-refractivity contribution in [2.75, 3.05) is 26.8 Å². The van der Waals surface area contributed by atoms with Crippen LogP contribution in [0.2, 0.25) is 0 Å². The standard InChI is InChI=1S/C11H21N5O3S/c1-9-14-11(8-15(9)2)20(17,18)16(6-7-19-3)5-4-10(12)13/h8H,4-7H2,1-3H3,(H3,12,13). The van der Waals surface area contributed by atoms with Crippen LogP contribution in [0.1, 0.15) is 12.2 Å². The fraction of sp³-hybridized carbons (Fsp3) is 0.636. The van der Waals surface area contributed by atoms with Gasteiger partial charge in [0.2, 0.25) is 0 Å². The number of imidazole rings is 1. The summed E-state index contributed by atoms with van der Waals surface area (Å²) in [7, 11) is -0.468. The van der Waals surface area contributed by atoms with Gasteiger partial charge in [0.25, 0.3) is 10.0 Å². The molecule has 0 fully saturated rings. The molecule has 0 bridgehead atoms. The number of hydrogen-bond donors (Lipinski definition) is 2. The quantitative estimate of drug-likeness (QED) is 0.505. The lowest BCUT2D eigenvalue weighted by molar-refractivity contribution is 0.179. The van der Waals surface area contributed by atoms with E-state index in [2.05, 4.69) is 4.98 Å². The normalized spacial score (nSPS) is 12.0. The Hall–Kier alpha value is -1.45. The molecule has 0 spiro atoms. The first-order valence-corrected chi connectivity index (χ1v) is 7.55. The van der Waals surface area contributed by atoms with E-state index in [9.17, 15) is 8.42 Å². The molecule has 9 heteroatoms. The number of nitrogens with zero attached hydrogens (tertiary/aromatic N) is 3. The van der Waals surface area contributed by atoms with Gasteiger partial charge in [0, 0.05) is 39.9 Å². The molecule has 114 valence electrons. The Kier molecular flexibility index (Phi) is 5.66. The Morgan fingerprint density at radius 2 is 2.20 bits per heavy atom. The van der Waals surface area contributed by atoms with Crippen LogP contribution in [0.5, 0.6) is 0 Å². The predicted molar refractivity (Wildman–Crippen MR) is 75.1 cm³/mol. The molecular weight excluding hydrogens is 282 g/mol. The second-order valence-corrected chi connectivity index (χ2v) is 6.29. The van der Waals surface area contributed by atoms with Gasteiger partial charge in [0.15, 0.2) is 5.03 Å². The smallest absolute Gasteiger partial charge is 0.262 e. The first-order chi connectivity index (χ1) is 9.28. The minimum absolute atomic E-state index is 0.00263. The molecular formula is C11H21N5O3S. The molecule has 0 aliphatic carbocycles. The van der Waals surface area contributed by atoms with Gasteiger partial charge in [-0.2, -0.15) is 4.31 Å². The van der Waals surface area contributed by atoms with Gasteiger partial charge < -0.3 is 15.0 Å². The number of ether oxygens (including phenoxy) is 1. The van der Waals surface area contributed by atoms with Crippen molar-refractivity contribution in [1.29, 1.82) is 5.41 Å². The van der Waals surface area contributed by atoms with E-state index in [4.69, 9.17) is 15.9 Å². The minimum Gasteiger partial charge on any atom is -0.388 e. The SMILES string of the molecule is COCCN(CCC(=N)N)S(=O)(=O)c1cn(C)c(C)n1. The topological polar surface area (TPSA) is 114 Å². The molecule has 0 aromatic carbocycles. The molecule has 0 radical (unpaired) electrons. The van der Waals surface area contributed by atoms with Crippen molar-refractivity contribution in [3.05, 3.63) is 12.0 Å². The van der Waals surface area contributed by atoms with Crippen LogP contribution in [0.4, 0.5) is 0 Å². The van der Waals surface area contributed by atoms with E-state index >= 15 is 0 Å². The summed E-state index contributed by atoms with van der Waals surface area (Å²) in [6.45, 7) is 2.33. The molecule has 20 heavy (non-hydrogen) atoms. The number of aryl methyl sites for hydroxylation is 2. The monoisotopic (exact) mass is 303 g/mol. The number of nitrogens with one attached hydrogen (secondary N) is 1. The highest BCUT2D eigenvalue weighted by molar-refractivity contribution is 7.89. The third-order valence-electron chi connectivity index (χ3n) is 2.87. The zero-order valence-corrected chi connectivity index (χ0v) is 12.8. The highest BCUT2D eigenvalue weighted by atomic mass is 32.2. The van der Waals surface area contributed by atoms with Gasteiger partial charge in [0.05, 0.1) is 12.4 Å². The number of nitrogens with two attached hydrogens (primary N) is 1. The van der Waals surface area contributed by atoms with Gasteiger partial charge >= 0.3 is 0 Å². The maximum Gasteiger partial charge on any atom is 0.262 e. The van der Waals surface area contributed by atoms with Crippen molar-refractivity contribution in [1.82, 2.24) is 13.9 Å². The van der Waals surface area contributed by atoms with Crippen LogP contribution in [-0.4, -0.2) is 54.9 Å². The van der Waals surface area contributed by atoms with Gasteiger partial charge in [-0.1, -0.05) is 0 Å². The van der Waals surface area contributed by atoms with Crippen molar-refractivity contribution < 1.29 is 13.2 Å². The zero-order chi connectivity index (χ0) is 15.3. The van der Waals surface area contributed by atoms with Crippen LogP contribution in [0.25, 0.3) is 0 Å². The molecule has 1 heterocycles. The van der Waals surface area contributed by atoms with Crippen LogP contribution in [0, 0.1) is 12.3 Å². The maximum absolute atomic E-state index is 12.5. The van der Waals surface area contributed by atoms with Crippen molar-refractivity contribution in [3.63, 3.8) is 0 Å². The maximum atomic E-state index is 12.5. The summed E-state index contributed by atoms with van der Waals surface area (Å²) in [6, 6.07) is 0. The summed E-state index contributed by atoms with van der Waals surface area (Å²) >= 11 is 0. The number of sulfonamides is 1. The van der Waals surface area contributed by atoms with E-state index in [-0.39, 0.29) is 37.0 Å². The van der Waals surface area contributed by atoms with E-state index in [1.54, 1.807) is 18.5 Å². The Labute approximate surface area is 119 Å². The van der Waals surface area contributed by atoms with Gasteiger partial charge in [-0.05, 0) is 6.92 Å². The summed E-state index contributed by atoms with van der Waals surface area (Å²) < 4.78 is 32.8. The van der Waals surface area contributed by atoms with Crippen molar-refractivity contribution >= 4 is 15.9 Å². The van der Waals surface area contributed by atoms with Gasteiger partial charge in [-0.3, -0.25) is 5.41 Å². The zero-order valence-electron chi connectivity index (χ0n) is 12.0. The largest absolute Gasteiger partial charge is 0.388 e. The lowest BCUT2D eigenvalue weighted by Gasteiger charge is -2.20.